The topological polar surface area (TPSA) is 62.2 Å². The first-order valence-corrected chi connectivity index (χ1v) is 5.02. The van der Waals surface area contributed by atoms with Crippen LogP contribution < -0.4 is 5.32 Å². The van der Waals surface area contributed by atoms with Crippen molar-refractivity contribution in [3.05, 3.63) is 24.0 Å². The number of rotatable bonds is 5. The molecule has 0 radical (unpaired) electrons. The summed E-state index contributed by atoms with van der Waals surface area (Å²) in [5.41, 5.74) is 0.861. The van der Waals surface area contributed by atoms with E-state index in [1.54, 1.807) is 6.20 Å². The molecule has 0 aliphatic carbocycles. The molecule has 0 amide bonds. The molecule has 0 aromatic carbocycles. The predicted molar refractivity (Wildman–Crippen MR) is 59.1 cm³/mol. The third-order valence-electron chi connectivity index (χ3n) is 2.09. The third kappa shape index (κ3) is 3.58. The second-order valence-corrected chi connectivity index (χ2v) is 3.84. The molecule has 0 aliphatic rings. The highest BCUT2D eigenvalue weighted by molar-refractivity contribution is 5.93. The maximum absolute atomic E-state index is 10.9. The van der Waals surface area contributed by atoms with Crippen LogP contribution in [0.5, 0.6) is 0 Å². The lowest BCUT2D eigenvalue weighted by Gasteiger charge is -2.09. The fourth-order valence-electron chi connectivity index (χ4n) is 1.22. The van der Waals surface area contributed by atoms with Gasteiger partial charge in [0.15, 0.2) is 0 Å². The van der Waals surface area contributed by atoms with E-state index in [4.69, 9.17) is 5.11 Å². The van der Waals surface area contributed by atoms with Gasteiger partial charge in [0.1, 0.15) is 0 Å². The zero-order chi connectivity index (χ0) is 11.3. The Kier molecular flexibility index (Phi) is 4.09. The molecule has 1 aromatic heterocycles. The van der Waals surface area contributed by atoms with E-state index in [-0.39, 0.29) is 5.56 Å². The maximum atomic E-state index is 10.9. The summed E-state index contributed by atoms with van der Waals surface area (Å²) in [4.78, 5) is 14.8. The lowest BCUT2D eigenvalue weighted by Crippen LogP contribution is -2.09. The maximum Gasteiger partial charge on any atom is 0.337 e. The fourth-order valence-corrected chi connectivity index (χ4v) is 1.22. The average molecular weight is 208 g/mol. The Labute approximate surface area is 89.3 Å². The summed E-state index contributed by atoms with van der Waals surface area (Å²) in [6.45, 7) is 5.02. The van der Waals surface area contributed by atoms with Crippen molar-refractivity contribution in [3.8, 4) is 0 Å². The molecule has 4 heteroatoms. The number of hydrogen-bond donors (Lipinski definition) is 2. The number of aromatic carboxylic acids is 1. The van der Waals surface area contributed by atoms with Crippen molar-refractivity contribution in [2.24, 2.45) is 5.92 Å². The Bertz CT molecular complexity index is 337. The Balaban J connectivity index is 2.63. The zero-order valence-corrected chi connectivity index (χ0v) is 9.03. The summed E-state index contributed by atoms with van der Waals surface area (Å²) in [6, 6.07) is 1.50. The van der Waals surface area contributed by atoms with E-state index >= 15 is 0 Å². The van der Waals surface area contributed by atoms with Gasteiger partial charge in [-0.2, -0.15) is 0 Å². The van der Waals surface area contributed by atoms with E-state index in [9.17, 15) is 4.79 Å². The Morgan fingerprint density at radius 3 is 2.93 bits per heavy atom. The smallest absolute Gasteiger partial charge is 0.337 e. The molecular formula is C11H16N2O2. The van der Waals surface area contributed by atoms with E-state index < -0.39 is 5.97 Å². The van der Waals surface area contributed by atoms with Gasteiger partial charge in [0.25, 0.3) is 0 Å². The van der Waals surface area contributed by atoms with E-state index in [0.29, 0.717) is 11.6 Å². The number of carbonyl (C=O) groups is 1. The molecule has 2 N–H and O–H groups in total. The number of carboxylic acids is 1. The normalized spacial score (nSPS) is 10.3. The SMILES string of the molecule is CC(C)CCNc1cnccc1C(=O)O. The van der Waals surface area contributed by atoms with Crippen molar-refractivity contribution >= 4 is 11.7 Å². The number of nitrogens with zero attached hydrogens (tertiary/aromatic N) is 1. The van der Waals surface area contributed by atoms with Gasteiger partial charge >= 0.3 is 5.97 Å². The number of anilines is 1. The molecular weight excluding hydrogens is 192 g/mol. The lowest BCUT2D eigenvalue weighted by atomic mass is 10.1. The summed E-state index contributed by atoms with van der Waals surface area (Å²) < 4.78 is 0. The monoisotopic (exact) mass is 208 g/mol. The largest absolute Gasteiger partial charge is 0.478 e. The molecule has 0 saturated heterocycles. The van der Waals surface area contributed by atoms with Crippen molar-refractivity contribution in [1.82, 2.24) is 4.98 Å². The van der Waals surface area contributed by atoms with Crippen LogP contribution >= 0.6 is 0 Å². The van der Waals surface area contributed by atoms with Crippen molar-refractivity contribution in [2.45, 2.75) is 20.3 Å². The second kappa shape index (κ2) is 5.34. The van der Waals surface area contributed by atoms with Crippen LogP contribution in [0.1, 0.15) is 30.6 Å². The Hall–Kier alpha value is -1.58. The molecule has 1 aromatic rings. The summed E-state index contributed by atoms with van der Waals surface area (Å²) in [5.74, 6) is -0.327. The number of pyridine rings is 1. The number of aromatic nitrogens is 1. The molecule has 0 fully saturated rings. The van der Waals surface area contributed by atoms with Crippen LogP contribution in [-0.4, -0.2) is 22.6 Å². The van der Waals surface area contributed by atoms with Crippen LogP contribution in [0.25, 0.3) is 0 Å². The minimum atomic E-state index is -0.926. The van der Waals surface area contributed by atoms with Crippen LogP contribution in [0.3, 0.4) is 0 Å². The highest BCUT2D eigenvalue weighted by Crippen LogP contribution is 2.13. The van der Waals surface area contributed by atoms with Crippen LogP contribution in [0.4, 0.5) is 5.69 Å². The zero-order valence-electron chi connectivity index (χ0n) is 9.03. The lowest BCUT2D eigenvalue weighted by molar-refractivity contribution is 0.0698. The Morgan fingerprint density at radius 2 is 2.33 bits per heavy atom. The molecule has 0 unspecified atom stereocenters. The van der Waals surface area contributed by atoms with Crippen LogP contribution in [0.2, 0.25) is 0 Å². The van der Waals surface area contributed by atoms with Crippen molar-refractivity contribution in [3.63, 3.8) is 0 Å². The third-order valence-corrected chi connectivity index (χ3v) is 2.09. The predicted octanol–water partition coefficient (Wildman–Crippen LogP) is 2.24. The van der Waals surface area contributed by atoms with E-state index in [2.05, 4.69) is 24.1 Å². The molecule has 0 bridgehead atoms. The highest BCUT2D eigenvalue weighted by atomic mass is 16.4. The van der Waals surface area contributed by atoms with Gasteiger partial charge in [-0.3, -0.25) is 4.98 Å². The molecule has 82 valence electrons. The summed E-state index contributed by atoms with van der Waals surface area (Å²) >= 11 is 0. The van der Waals surface area contributed by atoms with Gasteiger partial charge in [0.05, 0.1) is 17.4 Å². The standard InChI is InChI=1S/C11H16N2O2/c1-8(2)3-6-13-10-7-12-5-4-9(10)11(14)15/h4-5,7-8,13H,3,6H2,1-2H3,(H,14,15). The van der Waals surface area contributed by atoms with Gasteiger partial charge in [-0.15, -0.1) is 0 Å². The van der Waals surface area contributed by atoms with Crippen LogP contribution in [-0.2, 0) is 0 Å². The van der Waals surface area contributed by atoms with E-state index in [1.807, 2.05) is 0 Å². The van der Waals surface area contributed by atoms with Gasteiger partial charge in [-0.1, -0.05) is 13.8 Å². The first-order valence-electron chi connectivity index (χ1n) is 5.02. The molecule has 0 spiro atoms. The minimum Gasteiger partial charge on any atom is -0.478 e. The van der Waals surface area contributed by atoms with Crippen LogP contribution in [0, 0.1) is 5.92 Å². The van der Waals surface area contributed by atoms with Gasteiger partial charge in [0, 0.05) is 12.7 Å². The average Bonchev–Trinajstić information content (AvgIpc) is 2.17. The van der Waals surface area contributed by atoms with Crippen molar-refractivity contribution in [2.75, 3.05) is 11.9 Å². The highest BCUT2D eigenvalue weighted by Gasteiger charge is 2.08. The first-order chi connectivity index (χ1) is 7.11. The number of carboxylic acid groups (broad SMARTS) is 1. The first kappa shape index (κ1) is 11.5. The summed E-state index contributed by atoms with van der Waals surface area (Å²) in [5, 5.41) is 12.0. The second-order valence-electron chi connectivity index (χ2n) is 3.84. The van der Waals surface area contributed by atoms with Crippen molar-refractivity contribution < 1.29 is 9.90 Å². The Morgan fingerprint density at radius 1 is 1.60 bits per heavy atom. The summed E-state index contributed by atoms with van der Waals surface area (Å²) in [6.07, 6.45) is 4.04. The van der Waals surface area contributed by atoms with Crippen molar-refractivity contribution in [1.29, 1.82) is 0 Å². The van der Waals surface area contributed by atoms with Gasteiger partial charge in [-0.25, -0.2) is 4.79 Å². The summed E-state index contributed by atoms with van der Waals surface area (Å²) in [7, 11) is 0. The molecule has 0 saturated carbocycles. The fraction of sp³-hybridized carbons (Fsp3) is 0.455. The van der Waals surface area contributed by atoms with Gasteiger partial charge in [0.2, 0.25) is 0 Å². The molecule has 0 aliphatic heterocycles. The number of nitrogens with one attached hydrogen (secondary N) is 1. The minimum absolute atomic E-state index is 0.272. The van der Waals surface area contributed by atoms with E-state index in [0.717, 1.165) is 13.0 Å². The molecule has 15 heavy (non-hydrogen) atoms. The number of hydrogen-bond acceptors (Lipinski definition) is 3. The molecule has 1 rings (SSSR count). The van der Waals surface area contributed by atoms with Crippen LogP contribution in [0.15, 0.2) is 18.5 Å². The van der Waals surface area contributed by atoms with Gasteiger partial charge < -0.3 is 10.4 Å². The quantitative estimate of drug-likeness (QED) is 0.779. The molecule has 1 heterocycles. The van der Waals surface area contributed by atoms with Gasteiger partial charge in [-0.05, 0) is 18.4 Å². The van der Waals surface area contributed by atoms with E-state index in [1.165, 1.54) is 12.3 Å². The molecule has 0 atom stereocenters. The molecule has 4 nitrogen and oxygen atoms in total.